The third-order valence-electron chi connectivity index (χ3n) is 2.25. The number of aliphatic hydroxyl groups excluding tert-OH is 2. The summed E-state index contributed by atoms with van der Waals surface area (Å²) in [6.45, 7) is 2.33. The minimum atomic E-state index is -1.44. The Morgan fingerprint density at radius 1 is 1.59 bits per heavy atom. The van der Waals surface area contributed by atoms with Gasteiger partial charge in [-0.2, -0.15) is 0 Å². The highest BCUT2D eigenvalue weighted by molar-refractivity contribution is 8.14. The summed E-state index contributed by atoms with van der Waals surface area (Å²) in [6, 6.07) is 0. The van der Waals surface area contributed by atoms with Gasteiger partial charge < -0.3 is 25.8 Å². The second-order valence-corrected chi connectivity index (χ2v) is 4.73. The number of rotatable bonds is 3. The third-order valence-corrected chi connectivity index (χ3v) is 3.18. The molecule has 7 nitrogen and oxygen atoms in total. The Labute approximate surface area is 103 Å². The van der Waals surface area contributed by atoms with E-state index in [-0.39, 0.29) is 11.6 Å². The van der Waals surface area contributed by atoms with E-state index in [0.717, 1.165) is 11.8 Å². The van der Waals surface area contributed by atoms with Crippen molar-refractivity contribution < 1.29 is 24.9 Å². The Balaban J connectivity index is 2.64. The maximum Gasteiger partial charge on any atom is 0.335 e. The van der Waals surface area contributed by atoms with Gasteiger partial charge in [-0.3, -0.25) is 4.99 Å². The summed E-state index contributed by atoms with van der Waals surface area (Å²) < 4.78 is 5.14. The van der Waals surface area contributed by atoms with E-state index >= 15 is 0 Å². The number of carbonyl (C=O) groups is 1. The first-order valence-electron chi connectivity index (χ1n) is 5.16. The van der Waals surface area contributed by atoms with Crippen molar-refractivity contribution >= 4 is 22.9 Å². The lowest BCUT2D eigenvalue weighted by atomic mass is 10.0. The standard InChI is InChI=1S/C9H16N2O5S/c1-2-11-9(10)17-5-3-4(12)6(13)7(16-5)8(14)15/h4-7,12-13H,2-3H2,1H3,(H2,10,11)(H,14,15)/t4-,5-,6+,7+/m1/s1. The summed E-state index contributed by atoms with van der Waals surface area (Å²) in [5.74, 6) is -1.31. The lowest BCUT2D eigenvalue weighted by molar-refractivity contribution is -0.181. The number of amidine groups is 1. The van der Waals surface area contributed by atoms with Crippen LogP contribution in [0.15, 0.2) is 4.99 Å². The lowest BCUT2D eigenvalue weighted by Gasteiger charge is -2.34. The van der Waals surface area contributed by atoms with Gasteiger partial charge in [0.25, 0.3) is 0 Å². The first-order valence-corrected chi connectivity index (χ1v) is 6.04. The van der Waals surface area contributed by atoms with Gasteiger partial charge in [0, 0.05) is 13.0 Å². The van der Waals surface area contributed by atoms with Crippen LogP contribution in [0.4, 0.5) is 0 Å². The Morgan fingerprint density at radius 3 is 2.76 bits per heavy atom. The number of aliphatic carboxylic acids is 1. The molecule has 1 aliphatic heterocycles. The quantitative estimate of drug-likeness (QED) is 0.379. The van der Waals surface area contributed by atoms with Crippen LogP contribution in [0.2, 0.25) is 0 Å². The first kappa shape index (κ1) is 14.2. The van der Waals surface area contributed by atoms with E-state index in [0.29, 0.717) is 6.54 Å². The van der Waals surface area contributed by atoms with Gasteiger partial charge >= 0.3 is 5.97 Å². The van der Waals surface area contributed by atoms with Crippen LogP contribution >= 0.6 is 11.8 Å². The van der Waals surface area contributed by atoms with Crippen molar-refractivity contribution in [1.82, 2.24) is 0 Å². The number of nitrogens with zero attached hydrogens (tertiary/aromatic N) is 1. The zero-order valence-electron chi connectivity index (χ0n) is 9.31. The number of hydrogen-bond acceptors (Lipinski definition) is 6. The molecular formula is C9H16N2O5S. The molecule has 0 unspecified atom stereocenters. The minimum Gasteiger partial charge on any atom is -0.479 e. The van der Waals surface area contributed by atoms with Crippen molar-refractivity contribution in [3.05, 3.63) is 0 Å². The molecule has 17 heavy (non-hydrogen) atoms. The van der Waals surface area contributed by atoms with Crippen LogP contribution in [0, 0.1) is 0 Å². The smallest absolute Gasteiger partial charge is 0.335 e. The summed E-state index contributed by atoms with van der Waals surface area (Å²) in [7, 11) is 0. The topological polar surface area (TPSA) is 125 Å². The van der Waals surface area contributed by atoms with Gasteiger partial charge in [-0.1, -0.05) is 11.8 Å². The van der Waals surface area contributed by atoms with Crippen LogP contribution in [0.1, 0.15) is 13.3 Å². The molecule has 0 aromatic carbocycles. The number of nitrogens with two attached hydrogens (primary N) is 1. The molecule has 0 amide bonds. The Morgan fingerprint density at radius 2 is 2.24 bits per heavy atom. The normalized spacial score (nSPS) is 34.6. The van der Waals surface area contributed by atoms with Crippen LogP contribution in [0.25, 0.3) is 0 Å². The Bertz CT molecular complexity index is 312. The van der Waals surface area contributed by atoms with E-state index in [1.165, 1.54) is 0 Å². The number of thioether (sulfide) groups is 1. The van der Waals surface area contributed by atoms with E-state index in [2.05, 4.69) is 4.99 Å². The maximum absolute atomic E-state index is 10.8. The van der Waals surface area contributed by atoms with Crippen molar-refractivity contribution in [3.8, 4) is 0 Å². The number of aliphatic imine (C=N–C) groups is 1. The molecule has 0 spiro atoms. The van der Waals surface area contributed by atoms with Crippen LogP contribution in [-0.2, 0) is 9.53 Å². The summed E-state index contributed by atoms with van der Waals surface area (Å²) in [5.41, 5.74) is 4.94. The van der Waals surface area contributed by atoms with Crippen molar-refractivity contribution in [2.75, 3.05) is 6.54 Å². The molecule has 5 N–H and O–H groups in total. The molecule has 0 aliphatic carbocycles. The molecule has 98 valence electrons. The van der Waals surface area contributed by atoms with E-state index in [1.807, 2.05) is 6.92 Å². The second kappa shape index (κ2) is 6.20. The van der Waals surface area contributed by atoms with Crippen LogP contribution < -0.4 is 5.73 Å². The van der Waals surface area contributed by atoms with Gasteiger partial charge in [-0.25, -0.2) is 4.79 Å². The van der Waals surface area contributed by atoms with Crippen LogP contribution in [-0.4, -0.2) is 56.7 Å². The van der Waals surface area contributed by atoms with Crippen LogP contribution in [0.5, 0.6) is 0 Å². The summed E-state index contributed by atoms with van der Waals surface area (Å²) in [6.07, 6.45) is -3.90. The van der Waals surface area contributed by atoms with E-state index in [1.54, 1.807) is 0 Å². The van der Waals surface area contributed by atoms with E-state index in [4.69, 9.17) is 15.6 Å². The highest BCUT2D eigenvalue weighted by Crippen LogP contribution is 2.28. The number of carboxylic acid groups (broad SMARTS) is 1. The van der Waals surface area contributed by atoms with Gasteiger partial charge in [0.15, 0.2) is 11.3 Å². The van der Waals surface area contributed by atoms with Crippen molar-refractivity contribution in [2.45, 2.75) is 37.1 Å². The molecule has 0 bridgehead atoms. The molecule has 8 heteroatoms. The van der Waals surface area contributed by atoms with Crippen molar-refractivity contribution in [3.63, 3.8) is 0 Å². The van der Waals surface area contributed by atoms with E-state index in [9.17, 15) is 15.0 Å². The molecule has 4 atom stereocenters. The SMILES string of the molecule is CCN=C(N)S[C@@H]1C[C@@H](O)[C@H](O)[C@@H](C(=O)O)O1. The molecule has 0 radical (unpaired) electrons. The minimum absolute atomic E-state index is 0.107. The maximum atomic E-state index is 10.8. The fourth-order valence-corrected chi connectivity index (χ4v) is 2.39. The largest absolute Gasteiger partial charge is 0.479 e. The van der Waals surface area contributed by atoms with Gasteiger partial charge in [0.2, 0.25) is 0 Å². The highest BCUT2D eigenvalue weighted by atomic mass is 32.2. The van der Waals surface area contributed by atoms with Gasteiger partial charge in [-0.15, -0.1) is 0 Å². The third kappa shape index (κ3) is 3.84. The first-order chi connectivity index (χ1) is 7.95. The molecule has 1 fully saturated rings. The zero-order valence-corrected chi connectivity index (χ0v) is 10.1. The van der Waals surface area contributed by atoms with Crippen LogP contribution in [0.3, 0.4) is 0 Å². The molecule has 1 rings (SSSR count). The Hall–Kier alpha value is -0.830. The van der Waals surface area contributed by atoms with Gasteiger partial charge in [0.05, 0.1) is 6.10 Å². The monoisotopic (exact) mass is 264 g/mol. The predicted molar refractivity (Wildman–Crippen MR) is 62.7 cm³/mol. The number of hydrogen-bond donors (Lipinski definition) is 4. The molecular weight excluding hydrogens is 248 g/mol. The molecule has 0 saturated carbocycles. The average molecular weight is 264 g/mol. The predicted octanol–water partition coefficient (Wildman–Crippen LogP) is -1.02. The highest BCUT2D eigenvalue weighted by Gasteiger charge is 2.41. The molecule has 1 heterocycles. The summed E-state index contributed by atoms with van der Waals surface area (Å²) in [5, 5.41) is 28.0. The average Bonchev–Trinajstić information content (AvgIpc) is 2.23. The lowest BCUT2D eigenvalue weighted by Crippen LogP contribution is -2.51. The summed E-state index contributed by atoms with van der Waals surface area (Å²) in [4.78, 5) is 14.7. The Kier molecular flexibility index (Phi) is 5.19. The second-order valence-electron chi connectivity index (χ2n) is 3.55. The zero-order chi connectivity index (χ0) is 13.0. The summed E-state index contributed by atoms with van der Waals surface area (Å²) >= 11 is 1.04. The molecule has 1 saturated heterocycles. The fraction of sp³-hybridized carbons (Fsp3) is 0.778. The number of ether oxygens (including phenoxy) is 1. The molecule has 0 aromatic rings. The van der Waals surface area contributed by atoms with Gasteiger partial charge in [0.1, 0.15) is 11.5 Å². The molecule has 1 aliphatic rings. The van der Waals surface area contributed by atoms with Crippen molar-refractivity contribution in [2.24, 2.45) is 10.7 Å². The number of carboxylic acids is 1. The van der Waals surface area contributed by atoms with Gasteiger partial charge in [-0.05, 0) is 6.92 Å². The van der Waals surface area contributed by atoms with E-state index < -0.39 is 29.7 Å². The van der Waals surface area contributed by atoms with Crippen molar-refractivity contribution in [1.29, 1.82) is 0 Å². The number of aliphatic hydroxyl groups is 2. The molecule has 0 aromatic heterocycles. The fourth-order valence-electron chi connectivity index (χ4n) is 1.45.